The van der Waals surface area contributed by atoms with Gasteiger partial charge < -0.3 is 20.0 Å². The van der Waals surface area contributed by atoms with Crippen molar-refractivity contribution in [1.82, 2.24) is 9.97 Å². The minimum Gasteiger partial charge on any atom is -0.462 e. The molecule has 0 aromatic carbocycles. The van der Waals surface area contributed by atoms with Gasteiger partial charge in [0.2, 0.25) is 0 Å². The van der Waals surface area contributed by atoms with Crippen molar-refractivity contribution in [1.29, 1.82) is 0 Å². The van der Waals surface area contributed by atoms with Gasteiger partial charge in [0.1, 0.15) is 16.4 Å². The van der Waals surface area contributed by atoms with E-state index in [0.29, 0.717) is 11.4 Å². The van der Waals surface area contributed by atoms with E-state index in [1.807, 2.05) is 0 Å². The zero-order valence-electron chi connectivity index (χ0n) is 11.3. The molecule has 0 spiro atoms. The number of ether oxygens (including phenoxy) is 1. The van der Waals surface area contributed by atoms with Crippen molar-refractivity contribution in [2.75, 3.05) is 11.9 Å². The molecule has 0 aliphatic heterocycles. The van der Waals surface area contributed by atoms with Crippen molar-refractivity contribution in [3.8, 4) is 0 Å². The van der Waals surface area contributed by atoms with E-state index in [4.69, 9.17) is 27.9 Å². The van der Waals surface area contributed by atoms with Gasteiger partial charge in [0.25, 0.3) is 5.91 Å². The molecule has 1 amide bonds. The molecule has 112 valence electrons. The number of aromatic amines is 2. The summed E-state index contributed by atoms with van der Waals surface area (Å²) in [5.74, 6) is -0.970. The first-order chi connectivity index (χ1) is 9.93. The molecule has 8 heteroatoms. The average molecular weight is 330 g/mol. The number of esters is 1. The molecule has 3 N–H and O–H groups in total. The molecule has 0 atom stereocenters. The standard InChI is InChI=1S/C13H13Cl2N3O3/c1-3-21-13(20)10-6(2)16-5-9(10)18-12(19)8-4-7(14)11(15)17-8/h4-5,16-17H,3H2,1-2H3,(H,18,19). The summed E-state index contributed by atoms with van der Waals surface area (Å²) in [7, 11) is 0. The Hall–Kier alpha value is -1.92. The smallest absolute Gasteiger partial charge is 0.342 e. The van der Waals surface area contributed by atoms with E-state index in [2.05, 4.69) is 15.3 Å². The Bertz CT molecular complexity index is 671. The molecule has 2 heterocycles. The third-order valence-corrected chi connectivity index (χ3v) is 3.47. The highest BCUT2D eigenvalue weighted by molar-refractivity contribution is 6.41. The van der Waals surface area contributed by atoms with Crippen LogP contribution in [0.3, 0.4) is 0 Å². The predicted octanol–water partition coefficient (Wildman–Crippen LogP) is 3.39. The monoisotopic (exact) mass is 329 g/mol. The quantitative estimate of drug-likeness (QED) is 0.751. The second-order valence-electron chi connectivity index (χ2n) is 4.22. The largest absolute Gasteiger partial charge is 0.462 e. The van der Waals surface area contributed by atoms with E-state index in [9.17, 15) is 9.59 Å². The van der Waals surface area contributed by atoms with Gasteiger partial charge in [-0.2, -0.15) is 0 Å². The Morgan fingerprint density at radius 3 is 2.67 bits per heavy atom. The van der Waals surface area contributed by atoms with Gasteiger partial charge in [-0.1, -0.05) is 23.2 Å². The summed E-state index contributed by atoms with van der Waals surface area (Å²) >= 11 is 11.5. The van der Waals surface area contributed by atoms with Gasteiger partial charge >= 0.3 is 5.97 Å². The lowest BCUT2D eigenvalue weighted by Gasteiger charge is -2.06. The SMILES string of the molecule is CCOC(=O)c1c(NC(=O)c2cc(Cl)c(Cl)[nH]2)c[nH]c1C. The molecular formula is C13H13Cl2N3O3. The van der Waals surface area contributed by atoms with Crippen LogP contribution in [0.25, 0.3) is 0 Å². The lowest BCUT2D eigenvalue weighted by Crippen LogP contribution is -2.15. The molecule has 0 saturated carbocycles. The lowest BCUT2D eigenvalue weighted by atomic mass is 10.2. The Balaban J connectivity index is 2.24. The summed E-state index contributed by atoms with van der Waals surface area (Å²) in [6, 6.07) is 1.41. The fraction of sp³-hybridized carbons (Fsp3) is 0.231. The first-order valence-electron chi connectivity index (χ1n) is 6.14. The fourth-order valence-corrected chi connectivity index (χ4v) is 2.12. The van der Waals surface area contributed by atoms with Crippen LogP contribution in [0.5, 0.6) is 0 Å². The number of carbonyl (C=O) groups is 2. The number of hydrogen-bond donors (Lipinski definition) is 3. The number of nitrogens with one attached hydrogen (secondary N) is 3. The third kappa shape index (κ3) is 3.22. The zero-order chi connectivity index (χ0) is 15.6. The maximum Gasteiger partial charge on any atom is 0.342 e. The predicted molar refractivity (Wildman–Crippen MR) is 80.3 cm³/mol. The second kappa shape index (κ2) is 6.24. The third-order valence-electron chi connectivity index (χ3n) is 2.77. The summed E-state index contributed by atoms with van der Waals surface area (Å²) in [4.78, 5) is 29.5. The van der Waals surface area contributed by atoms with Gasteiger partial charge in [-0.05, 0) is 19.9 Å². The Morgan fingerprint density at radius 1 is 1.38 bits per heavy atom. The molecular weight excluding hydrogens is 317 g/mol. The highest BCUT2D eigenvalue weighted by Gasteiger charge is 2.20. The van der Waals surface area contributed by atoms with Crippen LogP contribution in [-0.4, -0.2) is 28.5 Å². The van der Waals surface area contributed by atoms with E-state index < -0.39 is 11.9 Å². The van der Waals surface area contributed by atoms with E-state index in [-0.39, 0.29) is 28.0 Å². The zero-order valence-corrected chi connectivity index (χ0v) is 12.9. The van der Waals surface area contributed by atoms with E-state index >= 15 is 0 Å². The molecule has 0 bridgehead atoms. The van der Waals surface area contributed by atoms with Crippen molar-refractivity contribution < 1.29 is 14.3 Å². The Labute approximate surface area is 130 Å². The van der Waals surface area contributed by atoms with Gasteiger partial charge in [-0.3, -0.25) is 4.79 Å². The fourth-order valence-electron chi connectivity index (χ4n) is 1.81. The van der Waals surface area contributed by atoms with Crippen molar-refractivity contribution in [3.05, 3.63) is 39.4 Å². The van der Waals surface area contributed by atoms with Gasteiger partial charge in [-0.25, -0.2) is 4.79 Å². The first kappa shape index (κ1) is 15.5. The average Bonchev–Trinajstić information content (AvgIpc) is 2.94. The number of carbonyl (C=O) groups excluding carboxylic acids is 2. The minimum absolute atomic E-state index is 0.178. The molecule has 0 radical (unpaired) electrons. The summed E-state index contributed by atoms with van der Waals surface area (Å²) in [6.45, 7) is 3.67. The normalized spacial score (nSPS) is 10.5. The van der Waals surface area contributed by atoms with Crippen LogP contribution >= 0.6 is 23.2 Å². The molecule has 2 aromatic heterocycles. The molecule has 0 aliphatic carbocycles. The number of halogens is 2. The van der Waals surface area contributed by atoms with Crippen molar-refractivity contribution >= 4 is 40.8 Å². The van der Waals surface area contributed by atoms with Crippen LogP contribution in [0, 0.1) is 6.92 Å². The second-order valence-corrected chi connectivity index (χ2v) is 5.01. The molecule has 21 heavy (non-hydrogen) atoms. The van der Waals surface area contributed by atoms with Crippen molar-refractivity contribution in [2.24, 2.45) is 0 Å². The van der Waals surface area contributed by atoms with E-state index in [1.54, 1.807) is 13.8 Å². The van der Waals surface area contributed by atoms with Crippen LogP contribution in [-0.2, 0) is 4.74 Å². The van der Waals surface area contributed by atoms with Crippen molar-refractivity contribution in [3.63, 3.8) is 0 Å². The molecule has 2 rings (SSSR count). The number of rotatable bonds is 4. The molecule has 0 aliphatic rings. The number of hydrogen-bond acceptors (Lipinski definition) is 3. The highest BCUT2D eigenvalue weighted by Crippen LogP contribution is 2.24. The topological polar surface area (TPSA) is 87.0 Å². The van der Waals surface area contributed by atoms with Gasteiger partial charge in [0, 0.05) is 11.9 Å². The molecule has 2 aromatic rings. The molecule has 6 nitrogen and oxygen atoms in total. The lowest BCUT2D eigenvalue weighted by molar-refractivity contribution is 0.0527. The summed E-state index contributed by atoms with van der Waals surface area (Å²) < 4.78 is 4.96. The summed E-state index contributed by atoms with van der Waals surface area (Å²) in [5.41, 5.74) is 1.41. The van der Waals surface area contributed by atoms with Gasteiger partial charge in [-0.15, -0.1) is 0 Å². The first-order valence-corrected chi connectivity index (χ1v) is 6.90. The van der Waals surface area contributed by atoms with Gasteiger partial charge in [0.05, 0.1) is 17.3 Å². The van der Waals surface area contributed by atoms with Crippen LogP contribution in [0.4, 0.5) is 5.69 Å². The van der Waals surface area contributed by atoms with Crippen LogP contribution in [0.1, 0.15) is 33.5 Å². The Morgan fingerprint density at radius 2 is 2.10 bits per heavy atom. The minimum atomic E-state index is -0.505. The molecule has 0 unspecified atom stereocenters. The van der Waals surface area contributed by atoms with E-state index in [0.717, 1.165) is 0 Å². The highest BCUT2D eigenvalue weighted by atomic mass is 35.5. The van der Waals surface area contributed by atoms with Crippen LogP contribution in [0.15, 0.2) is 12.3 Å². The number of amides is 1. The van der Waals surface area contributed by atoms with Crippen LogP contribution < -0.4 is 5.32 Å². The summed E-state index contributed by atoms with van der Waals surface area (Å²) in [5, 5.41) is 3.03. The number of anilines is 1. The number of H-pyrrole nitrogens is 2. The molecule has 0 fully saturated rings. The van der Waals surface area contributed by atoms with Gasteiger partial charge in [0.15, 0.2) is 0 Å². The van der Waals surface area contributed by atoms with Crippen LogP contribution in [0.2, 0.25) is 10.2 Å². The number of aryl methyl sites for hydroxylation is 1. The van der Waals surface area contributed by atoms with Crippen molar-refractivity contribution in [2.45, 2.75) is 13.8 Å². The maximum atomic E-state index is 12.1. The molecule has 0 saturated heterocycles. The maximum absolute atomic E-state index is 12.1. The summed E-state index contributed by atoms with van der Waals surface area (Å²) in [6.07, 6.45) is 1.52. The van der Waals surface area contributed by atoms with E-state index in [1.165, 1.54) is 12.3 Å². The Kier molecular flexibility index (Phi) is 4.59. The number of aromatic nitrogens is 2.